The molecule has 2 amide bonds. The highest BCUT2D eigenvalue weighted by molar-refractivity contribution is 8.00. The Morgan fingerprint density at radius 2 is 2.04 bits per heavy atom. The summed E-state index contributed by atoms with van der Waals surface area (Å²) in [6.07, 6.45) is 5.53. The number of thioether (sulfide) groups is 1. The number of oxime groups is 1. The summed E-state index contributed by atoms with van der Waals surface area (Å²) < 4.78 is 9.08. The molecule has 21 heteroatoms. The number of carboxylic acids is 2. The molecule has 2 aliphatic rings. The number of anilines is 1. The maximum absolute atomic E-state index is 13.4. The first-order chi connectivity index (χ1) is 23.7. The Morgan fingerprint density at radius 3 is 2.72 bits per heavy atom. The van der Waals surface area contributed by atoms with E-state index in [-0.39, 0.29) is 40.6 Å². The highest BCUT2D eigenvalue weighted by Gasteiger charge is 2.55. The number of aliphatic imine (C=N–C) groups is 1. The molecule has 0 aliphatic carbocycles. The van der Waals surface area contributed by atoms with E-state index in [1.165, 1.54) is 31.0 Å². The molecular weight excluding hydrogens is 695 g/mol. The molecule has 0 bridgehead atoms. The second-order valence-corrected chi connectivity index (χ2v) is 13.6. The van der Waals surface area contributed by atoms with Crippen molar-refractivity contribution in [1.82, 2.24) is 24.9 Å². The van der Waals surface area contributed by atoms with Crippen molar-refractivity contribution in [3.63, 3.8) is 0 Å². The van der Waals surface area contributed by atoms with Gasteiger partial charge in [-0.2, -0.15) is 4.99 Å². The van der Waals surface area contributed by atoms with E-state index in [0.717, 1.165) is 27.1 Å². The fourth-order valence-corrected chi connectivity index (χ4v) is 7.07. The minimum absolute atomic E-state index is 0.0128. The van der Waals surface area contributed by atoms with Crippen LogP contribution in [0.15, 0.2) is 68.1 Å². The van der Waals surface area contributed by atoms with Crippen LogP contribution in [-0.4, -0.2) is 88.0 Å². The van der Waals surface area contributed by atoms with Crippen molar-refractivity contribution in [3.05, 3.63) is 64.9 Å². The number of hydrogen-bond donors (Lipinski definition) is 6. The third-order valence-electron chi connectivity index (χ3n) is 7.65. The van der Waals surface area contributed by atoms with Crippen molar-refractivity contribution in [2.45, 2.75) is 44.0 Å². The van der Waals surface area contributed by atoms with Crippen molar-refractivity contribution in [1.29, 1.82) is 0 Å². The standard InChI is InChI=1S/C29H29N11O8S2/c1-29(2,26(45)46)48-37-19(16-12-50-28(32)33-16)22(41)35-20-23(42)40-21(25(43)44)14(11-49-24(20)40)9-38-5-4-17-13(8-38)3-6-39(17)10-15-7-18(36-47-15)34-27(30)31/h3-8,12,20,24H,9-11H2,1-2H3,(H8-,30,31,32,33,34,35,36,41,43,44,45,46)/p+1/t20-,24-/m1/s1. The van der Waals surface area contributed by atoms with E-state index in [1.54, 1.807) is 12.3 Å². The van der Waals surface area contributed by atoms with Crippen LogP contribution in [0.4, 0.5) is 10.9 Å². The van der Waals surface area contributed by atoms with E-state index in [4.69, 9.17) is 26.6 Å². The number of aromatic nitrogens is 4. The first-order valence-corrected chi connectivity index (χ1v) is 16.6. The van der Waals surface area contributed by atoms with Gasteiger partial charge in [-0.3, -0.25) is 14.5 Å². The molecule has 9 N–H and O–H groups in total. The van der Waals surface area contributed by atoms with Gasteiger partial charge in [-0.05, 0) is 19.9 Å². The summed E-state index contributed by atoms with van der Waals surface area (Å²) in [4.78, 5) is 64.9. The number of pyridine rings is 1. The monoisotopic (exact) mass is 724 g/mol. The number of amides is 2. The summed E-state index contributed by atoms with van der Waals surface area (Å²) in [5, 5.41) is 31.4. The zero-order valence-electron chi connectivity index (χ0n) is 26.3. The lowest BCUT2D eigenvalue weighted by atomic mass is 10.0. The van der Waals surface area contributed by atoms with Crippen LogP contribution in [0.1, 0.15) is 25.3 Å². The zero-order chi connectivity index (χ0) is 35.9. The van der Waals surface area contributed by atoms with Crippen LogP contribution < -0.4 is 27.1 Å². The van der Waals surface area contributed by atoms with E-state index < -0.39 is 46.5 Å². The number of nitrogens with one attached hydrogen (secondary N) is 1. The van der Waals surface area contributed by atoms with Crippen LogP contribution in [-0.2, 0) is 37.1 Å². The molecule has 0 unspecified atom stereocenters. The third-order valence-corrected chi connectivity index (χ3v) is 9.67. The molecule has 4 aromatic rings. The number of thiazole rings is 1. The maximum atomic E-state index is 13.4. The van der Waals surface area contributed by atoms with Gasteiger partial charge in [-0.1, -0.05) is 10.3 Å². The number of β-lactam (4-membered cyclic amide) rings is 1. The highest BCUT2D eigenvalue weighted by atomic mass is 32.2. The molecule has 0 saturated carbocycles. The summed E-state index contributed by atoms with van der Waals surface area (Å²) in [6.45, 7) is 3.03. The average molecular weight is 725 g/mol. The fourth-order valence-electron chi connectivity index (χ4n) is 5.19. The maximum Gasteiger partial charge on any atom is 0.352 e. The number of hydrogen-bond acceptors (Lipinski definition) is 13. The predicted molar refractivity (Wildman–Crippen MR) is 179 cm³/mol. The second kappa shape index (κ2) is 13.2. The molecule has 0 aromatic carbocycles. The van der Waals surface area contributed by atoms with Crippen molar-refractivity contribution < 1.29 is 43.3 Å². The summed E-state index contributed by atoms with van der Waals surface area (Å²) in [6, 6.07) is 4.30. The fraction of sp³-hybridized carbons (Fsp3) is 0.276. The Balaban J connectivity index is 1.18. The van der Waals surface area contributed by atoms with Gasteiger partial charge in [-0.15, -0.1) is 23.1 Å². The lowest BCUT2D eigenvalue weighted by Gasteiger charge is -2.49. The highest BCUT2D eigenvalue weighted by Crippen LogP contribution is 2.40. The predicted octanol–water partition coefficient (Wildman–Crippen LogP) is -0.0686. The molecule has 1 saturated heterocycles. The number of aliphatic carboxylic acids is 2. The normalized spacial score (nSPS) is 17.7. The number of nitrogen functional groups attached to an aromatic ring is 1. The van der Waals surface area contributed by atoms with Gasteiger partial charge < -0.3 is 46.7 Å². The number of fused-ring (bicyclic) bond motifs is 2. The van der Waals surface area contributed by atoms with Crippen LogP contribution in [0.25, 0.3) is 10.9 Å². The summed E-state index contributed by atoms with van der Waals surface area (Å²) in [7, 11) is 0. The lowest BCUT2D eigenvalue weighted by Crippen LogP contribution is -2.71. The molecule has 0 radical (unpaired) electrons. The van der Waals surface area contributed by atoms with Crippen molar-refractivity contribution >= 4 is 80.4 Å². The van der Waals surface area contributed by atoms with Gasteiger partial charge in [0.1, 0.15) is 22.8 Å². The van der Waals surface area contributed by atoms with Crippen LogP contribution in [0.5, 0.6) is 0 Å². The zero-order valence-corrected chi connectivity index (χ0v) is 28.0. The number of carboxylic acid groups (broad SMARTS) is 2. The molecule has 6 rings (SSSR count). The van der Waals surface area contributed by atoms with Gasteiger partial charge >= 0.3 is 11.9 Å². The molecule has 0 spiro atoms. The molecule has 4 aromatic heterocycles. The molecule has 260 valence electrons. The Morgan fingerprint density at radius 1 is 1.26 bits per heavy atom. The Hall–Kier alpha value is -5.96. The van der Waals surface area contributed by atoms with Gasteiger partial charge in [0.25, 0.3) is 11.8 Å². The number of nitrogens with zero attached hydrogens (tertiary/aromatic N) is 7. The molecule has 6 heterocycles. The molecular formula is C29H30N11O8S2+. The van der Waals surface area contributed by atoms with E-state index in [0.29, 0.717) is 17.9 Å². The van der Waals surface area contributed by atoms with Gasteiger partial charge in [0.05, 0.1) is 17.4 Å². The molecule has 19 nitrogen and oxygen atoms in total. The van der Waals surface area contributed by atoms with Crippen molar-refractivity contribution in [3.8, 4) is 0 Å². The molecule has 50 heavy (non-hydrogen) atoms. The molecule has 2 aliphatic heterocycles. The first kappa shape index (κ1) is 33.9. The number of guanidine groups is 1. The minimum Gasteiger partial charge on any atom is -0.478 e. The SMILES string of the molecule is CC(C)(ON=C(C(=O)N[C@@H]1C(=O)N2C(C(=O)O)=C(C[n+]3ccc4c(ccn4Cc4cc(N=C(N)N)no4)c3)CS[C@H]12)c1csc(N)n1)C(=O)O. The molecule has 2 atom stereocenters. The number of rotatable bonds is 12. The minimum atomic E-state index is -1.78. The van der Waals surface area contributed by atoms with Crippen LogP contribution >= 0.6 is 23.1 Å². The number of carbonyl (C=O) groups excluding carboxylic acids is 2. The van der Waals surface area contributed by atoms with Crippen molar-refractivity contribution in [2.24, 2.45) is 21.6 Å². The van der Waals surface area contributed by atoms with E-state index in [2.05, 4.69) is 25.6 Å². The number of nitrogens with two attached hydrogens (primary N) is 3. The van der Waals surface area contributed by atoms with Gasteiger partial charge in [-0.25, -0.2) is 19.1 Å². The Labute approximate surface area is 290 Å². The second-order valence-electron chi connectivity index (χ2n) is 11.6. The lowest BCUT2D eigenvalue weighted by molar-refractivity contribution is -0.687. The third kappa shape index (κ3) is 6.67. The van der Waals surface area contributed by atoms with Gasteiger partial charge in [0.15, 0.2) is 47.3 Å². The van der Waals surface area contributed by atoms with Crippen LogP contribution in [0.3, 0.4) is 0 Å². The van der Waals surface area contributed by atoms with Gasteiger partial charge in [0, 0.05) is 35.0 Å². The Kier molecular flexibility index (Phi) is 8.93. The van der Waals surface area contributed by atoms with E-state index >= 15 is 0 Å². The van der Waals surface area contributed by atoms with Gasteiger partial charge in [0.2, 0.25) is 5.60 Å². The topological polar surface area (TPSA) is 284 Å². The van der Waals surface area contributed by atoms with E-state index in [9.17, 15) is 29.4 Å². The summed E-state index contributed by atoms with van der Waals surface area (Å²) in [5.41, 5.74) is 15.6. The van der Waals surface area contributed by atoms with E-state index in [1.807, 2.05) is 33.7 Å². The first-order valence-electron chi connectivity index (χ1n) is 14.7. The number of carbonyl (C=O) groups is 4. The molecule has 1 fully saturated rings. The average Bonchev–Trinajstić information content (AvgIpc) is 3.79. The quantitative estimate of drug-likeness (QED) is 0.0367. The van der Waals surface area contributed by atoms with Crippen LogP contribution in [0, 0.1) is 0 Å². The smallest absolute Gasteiger partial charge is 0.352 e. The van der Waals surface area contributed by atoms with Crippen molar-refractivity contribution in [2.75, 3.05) is 11.5 Å². The summed E-state index contributed by atoms with van der Waals surface area (Å²) in [5.74, 6) is -3.22. The van der Waals surface area contributed by atoms with Crippen LogP contribution in [0.2, 0.25) is 0 Å². The summed E-state index contributed by atoms with van der Waals surface area (Å²) >= 11 is 2.31. The Bertz CT molecular complexity index is 2130. The largest absolute Gasteiger partial charge is 0.478 e.